The number of carbonyl (C=O) groups excluding carboxylic acids is 1. The second kappa shape index (κ2) is 9.38. The van der Waals surface area contributed by atoms with E-state index in [1.165, 1.54) is 31.4 Å². The van der Waals surface area contributed by atoms with Crippen molar-refractivity contribution in [2.45, 2.75) is 38.6 Å². The standard InChI is InChI=1S/C23H23F2N3O4S/c1-11-14(7-8-15(24)17(11)25)19-16(23(31)32-2)18(12-3-5-13(6-4-12)22(29)30)27-20(28-19)21-26-9-10-33-21/h7-10,12-13,19H,3-6H2,1-2H3,(H,27,28)(H,29,30). The average molecular weight is 476 g/mol. The lowest BCUT2D eigenvalue weighted by Gasteiger charge is -2.34. The number of carbonyl (C=O) groups is 2. The fraction of sp³-hybridized carbons (Fsp3) is 0.391. The Balaban J connectivity index is 1.85. The van der Waals surface area contributed by atoms with Crippen LogP contribution in [0.25, 0.3) is 0 Å². The summed E-state index contributed by atoms with van der Waals surface area (Å²) in [5.41, 5.74) is 1.19. The maximum Gasteiger partial charge on any atom is 0.338 e. The molecule has 1 saturated carbocycles. The molecule has 0 bridgehead atoms. The van der Waals surface area contributed by atoms with Crippen molar-refractivity contribution in [3.05, 3.63) is 62.7 Å². The van der Waals surface area contributed by atoms with Crippen LogP contribution in [0.3, 0.4) is 0 Å². The van der Waals surface area contributed by atoms with Gasteiger partial charge >= 0.3 is 11.9 Å². The van der Waals surface area contributed by atoms with Gasteiger partial charge in [0, 0.05) is 17.3 Å². The van der Waals surface area contributed by atoms with Crippen molar-refractivity contribution in [1.29, 1.82) is 0 Å². The summed E-state index contributed by atoms with van der Waals surface area (Å²) in [6.07, 6.45) is 3.67. The van der Waals surface area contributed by atoms with E-state index in [9.17, 15) is 23.5 Å². The predicted molar refractivity (Wildman–Crippen MR) is 118 cm³/mol. The molecule has 1 aromatic carbocycles. The molecular formula is C23H23F2N3O4S. The molecule has 1 fully saturated rings. The Morgan fingerprint density at radius 2 is 1.94 bits per heavy atom. The first-order valence-electron chi connectivity index (χ1n) is 10.6. The Hall–Kier alpha value is -3.14. The average Bonchev–Trinajstić information content (AvgIpc) is 3.36. The van der Waals surface area contributed by atoms with Gasteiger partial charge in [0.1, 0.15) is 6.04 Å². The summed E-state index contributed by atoms with van der Waals surface area (Å²) in [7, 11) is 1.25. The summed E-state index contributed by atoms with van der Waals surface area (Å²) < 4.78 is 33.4. The number of methoxy groups -OCH3 is 1. The zero-order valence-electron chi connectivity index (χ0n) is 18.1. The molecule has 0 spiro atoms. The molecule has 1 aliphatic carbocycles. The van der Waals surface area contributed by atoms with E-state index in [2.05, 4.69) is 15.3 Å². The molecule has 7 nitrogen and oxygen atoms in total. The van der Waals surface area contributed by atoms with Crippen LogP contribution >= 0.6 is 11.3 Å². The number of carboxylic acid groups (broad SMARTS) is 1. The minimum atomic E-state index is -0.996. The van der Waals surface area contributed by atoms with E-state index in [4.69, 9.17) is 4.74 Å². The third-order valence-electron chi connectivity index (χ3n) is 6.28. The second-order valence-corrected chi connectivity index (χ2v) is 9.02. The number of nitrogens with one attached hydrogen (secondary N) is 1. The van der Waals surface area contributed by atoms with Crippen molar-refractivity contribution >= 4 is 29.1 Å². The minimum Gasteiger partial charge on any atom is -0.481 e. The number of amidine groups is 1. The molecule has 2 N–H and O–H groups in total. The first kappa shape index (κ1) is 23.0. The molecule has 4 rings (SSSR count). The second-order valence-electron chi connectivity index (χ2n) is 8.12. The molecule has 1 atom stereocenters. The van der Waals surface area contributed by atoms with Crippen LogP contribution in [-0.2, 0) is 14.3 Å². The summed E-state index contributed by atoms with van der Waals surface area (Å²) in [5, 5.41) is 15.0. The van der Waals surface area contributed by atoms with Gasteiger partial charge in [0.2, 0.25) is 0 Å². The highest BCUT2D eigenvalue weighted by Gasteiger charge is 2.38. The monoisotopic (exact) mass is 475 g/mol. The fourth-order valence-corrected chi connectivity index (χ4v) is 5.08. The van der Waals surface area contributed by atoms with Crippen molar-refractivity contribution in [1.82, 2.24) is 10.3 Å². The zero-order valence-corrected chi connectivity index (χ0v) is 18.9. The van der Waals surface area contributed by atoms with Gasteiger partial charge in [-0.1, -0.05) is 6.07 Å². The Morgan fingerprint density at radius 3 is 2.55 bits per heavy atom. The largest absolute Gasteiger partial charge is 0.481 e. The van der Waals surface area contributed by atoms with Gasteiger partial charge in [-0.05, 0) is 55.7 Å². The van der Waals surface area contributed by atoms with E-state index >= 15 is 0 Å². The van der Waals surface area contributed by atoms with E-state index in [1.807, 2.05) is 0 Å². The van der Waals surface area contributed by atoms with Crippen LogP contribution in [-0.4, -0.2) is 35.0 Å². The van der Waals surface area contributed by atoms with Crippen LogP contribution < -0.4 is 5.32 Å². The summed E-state index contributed by atoms with van der Waals surface area (Å²) in [4.78, 5) is 33.4. The van der Waals surface area contributed by atoms with Crippen molar-refractivity contribution in [2.75, 3.05) is 7.11 Å². The van der Waals surface area contributed by atoms with Gasteiger partial charge in [0.05, 0.1) is 18.6 Å². The topological polar surface area (TPSA) is 101 Å². The van der Waals surface area contributed by atoms with Crippen molar-refractivity contribution in [3.63, 3.8) is 0 Å². The Labute approximate surface area is 193 Å². The SMILES string of the molecule is COC(=O)C1=C(C2CCC(C(=O)O)CC2)NC(c2nccs2)=NC1c1ccc(F)c(F)c1C. The van der Waals surface area contributed by atoms with Gasteiger partial charge in [-0.25, -0.2) is 18.6 Å². The first-order chi connectivity index (χ1) is 15.8. The van der Waals surface area contributed by atoms with Gasteiger partial charge in [0.15, 0.2) is 22.5 Å². The number of hydrogen-bond acceptors (Lipinski definition) is 7. The van der Waals surface area contributed by atoms with Crippen LogP contribution in [0.5, 0.6) is 0 Å². The van der Waals surface area contributed by atoms with Crippen molar-refractivity contribution in [3.8, 4) is 0 Å². The zero-order chi connectivity index (χ0) is 23.7. The molecule has 2 aliphatic rings. The number of allylic oxidation sites excluding steroid dienone is 1. The molecule has 2 aromatic rings. The predicted octanol–water partition coefficient (Wildman–Crippen LogP) is 4.14. The van der Waals surface area contributed by atoms with Gasteiger partial charge < -0.3 is 15.2 Å². The molecule has 2 heterocycles. The van der Waals surface area contributed by atoms with Crippen LogP contribution in [0.4, 0.5) is 8.78 Å². The van der Waals surface area contributed by atoms with Crippen LogP contribution in [0.15, 0.2) is 40.0 Å². The van der Waals surface area contributed by atoms with Gasteiger partial charge in [-0.15, -0.1) is 11.3 Å². The number of aliphatic imine (C=N–C) groups is 1. The molecule has 174 valence electrons. The van der Waals surface area contributed by atoms with Gasteiger partial charge in [0.25, 0.3) is 0 Å². The Morgan fingerprint density at radius 1 is 1.21 bits per heavy atom. The number of benzene rings is 1. The molecule has 0 radical (unpaired) electrons. The molecule has 1 aliphatic heterocycles. The molecule has 33 heavy (non-hydrogen) atoms. The van der Waals surface area contributed by atoms with Gasteiger partial charge in [-0.3, -0.25) is 9.79 Å². The molecule has 1 aromatic heterocycles. The quantitative estimate of drug-likeness (QED) is 0.631. The number of nitrogens with zero attached hydrogens (tertiary/aromatic N) is 2. The van der Waals surface area contributed by atoms with Crippen LogP contribution in [0.1, 0.15) is 47.9 Å². The van der Waals surface area contributed by atoms with E-state index in [0.717, 1.165) is 6.07 Å². The normalized spacial score (nSPS) is 23.0. The Kier molecular flexibility index (Phi) is 6.55. The summed E-state index contributed by atoms with van der Waals surface area (Å²) in [6, 6.07) is 1.51. The molecule has 0 amide bonds. The number of aromatic nitrogens is 1. The number of ether oxygens (including phenoxy) is 1. The molecule has 0 saturated heterocycles. The van der Waals surface area contributed by atoms with E-state index in [-0.39, 0.29) is 17.1 Å². The first-order valence-corrected chi connectivity index (χ1v) is 11.4. The fourth-order valence-electron chi connectivity index (χ4n) is 4.49. The summed E-state index contributed by atoms with van der Waals surface area (Å²) in [5.74, 6) is -3.59. The Bertz CT molecular complexity index is 1140. The van der Waals surface area contributed by atoms with E-state index < -0.39 is 35.5 Å². The number of halogens is 2. The van der Waals surface area contributed by atoms with E-state index in [1.54, 1.807) is 11.6 Å². The number of esters is 1. The summed E-state index contributed by atoms with van der Waals surface area (Å²) >= 11 is 1.35. The lowest BCUT2D eigenvalue weighted by Crippen LogP contribution is -2.38. The third kappa shape index (κ3) is 4.39. The summed E-state index contributed by atoms with van der Waals surface area (Å²) in [6.45, 7) is 1.45. The number of hydrogen-bond donors (Lipinski definition) is 2. The molecule has 10 heteroatoms. The van der Waals surface area contributed by atoms with Gasteiger partial charge in [-0.2, -0.15) is 0 Å². The van der Waals surface area contributed by atoms with Crippen molar-refractivity contribution in [2.24, 2.45) is 16.8 Å². The highest BCUT2D eigenvalue weighted by molar-refractivity contribution is 7.11. The highest BCUT2D eigenvalue weighted by Crippen LogP contribution is 2.41. The number of rotatable bonds is 5. The van der Waals surface area contributed by atoms with Crippen molar-refractivity contribution < 1.29 is 28.2 Å². The number of carboxylic acids is 1. The van der Waals surface area contributed by atoms with E-state index in [0.29, 0.717) is 47.8 Å². The van der Waals surface area contributed by atoms with Crippen LogP contribution in [0.2, 0.25) is 0 Å². The minimum absolute atomic E-state index is 0.0551. The maximum absolute atomic E-state index is 14.5. The lowest BCUT2D eigenvalue weighted by atomic mass is 9.77. The molecular weight excluding hydrogens is 452 g/mol. The lowest BCUT2D eigenvalue weighted by molar-refractivity contribution is -0.143. The smallest absolute Gasteiger partial charge is 0.338 e. The maximum atomic E-state index is 14.5. The third-order valence-corrected chi connectivity index (χ3v) is 7.06. The number of aliphatic carboxylic acids is 1. The number of thiazole rings is 1. The molecule has 1 unspecified atom stereocenters. The van der Waals surface area contributed by atoms with Crippen LogP contribution in [0, 0.1) is 30.4 Å². The highest BCUT2D eigenvalue weighted by atomic mass is 32.1.